The van der Waals surface area contributed by atoms with Crippen LogP contribution in [0, 0.1) is 11.6 Å². The Balaban J connectivity index is 1.71. The Morgan fingerprint density at radius 2 is 2.00 bits per heavy atom. The Bertz CT molecular complexity index is 705. The molecular formula is C17H15F2NOS. The van der Waals surface area contributed by atoms with Gasteiger partial charge in [0.25, 0.3) is 0 Å². The number of carbonyl (C=O) groups is 1. The van der Waals surface area contributed by atoms with Gasteiger partial charge in [-0.3, -0.25) is 4.79 Å². The van der Waals surface area contributed by atoms with Crippen LogP contribution in [0.15, 0.2) is 47.4 Å². The molecule has 1 heterocycles. The zero-order chi connectivity index (χ0) is 15.5. The molecule has 0 unspecified atom stereocenters. The van der Waals surface area contributed by atoms with Crippen LogP contribution in [0.5, 0.6) is 0 Å². The Kier molecular flexibility index (Phi) is 4.43. The molecule has 0 spiro atoms. The van der Waals surface area contributed by atoms with Crippen molar-refractivity contribution in [1.82, 2.24) is 5.32 Å². The summed E-state index contributed by atoms with van der Waals surface area (Å²) in [6.07, 6.45) is 0.877. The molecule has 0 saturated heterocycles. The highest BCUT2D eigenvalue weighted by Crippen LogP contribution is 2.36. The molecule has 0 aromatic heterocycles. The number of benzene rings is 2. The fraction of sp³-hybridized carbons (Fsp3) is 0.235. The molecular weight excluding hydrogens is 304 g/mol. The molecule has 3 rings (SSSR count). The molecule has 1 aliphatic heterocycles. The lowest BCUT2D eigenvalue weighted by Gasteiger charge is -2.26. The molecule has 114 valence electrons. The first-order valence-corrected chi connectivity index (χ1v) is 8.06. The third-order valence-electron chi connectivity index (χ3n) is 3.60. The minimum absolute atomic E-state index is 0.117. The summed E-state index contributed by atoms with van der Waals surface area (Å²) >= 11 is 1.67. The number of carbonyl (C=O) groups excluding carboxylic acids is 1. The van der Waals surface area contributed by atoms with Gasteiger partial charge in [-0.2, -0.15) is 0 Å². The monoisotopic (exact) mass is 319 g/mol. The number of fused-ring (bicyclic) bond motifs is 1. The molecule has 1 N–H and O–H groups in total. The lowest BCUT2D eigenvalue weighted by atomic mass is 10.0. The van der Waals surface area contributed by atoms with Crippen LogP contribution in [0.4, 0.5) is 8.78 Å². The highest BCUT2D eigenvalue weighted by Gasteiger charge is 2.22. The van der Waals surface area contributed by atoms with Crippen molar-refractivity contribution < 1.29 is 13.6 Å². The molecule has 2 aromatic carbocycles. The minimum Gasteiger partial charge on any atom is -0.349 e. The van der Waals surface area contributed by atoms with Crippen LogP contribution < -0.4 is 5.32 Å². The Morgan fingerprint density at radius 3 is 2.82 bits per heavy atom. The molecule has 0 aliphatic carbocycles. The standard InChI is InChI=1S/C17H15F2NOS/c18-12-3-1-2-11(8-12)9-17(21)20-15-6-7-22-16-5-4-13(19)10-14(15)16/h1-5,8,10,15H,6-7,9H2,(H,20,21)/t15-/m0/s1. The van der Waals surface area contributed by atoms with E-state index in [1.165, 1.54) is 24.3 Å². The van der Waals surface area contributed by atoms with E-state index in [-0.39, 0.29) is 30.0 Å². The fourth-order valence-electron chi connectivity index (χ4n) is 2.59. The molecule has 22 heavy (non-hydrogen) atoms. The van der Waals surface area contributed by atoms with Gasteiger partial charge in [-0.1, -0.05) is 12.1 Å². The smallest absolute Gasteiger partial charge is 0.224 e. The van der Waals surface area contributed by atoms with Crippen LogP contribution in [0.3, 0.4) is 0 Å². The number of halogens is 2. The van der Waals surface area contributed by atoms with Gasteiger partial charge < -0.3 is 5.32 Å². The molecule has 0 bridgehead atoms. The summed E-state index contributed by atoms with van der Waals surface area (Å²) in [5.74, 6) is 0.0407. The maximum absolute atomic E-state index is 13.4. The quantitative estimate of drug-likeness (QED) is 0.931. The maximum atomic E-state index is 13.4. The first-order valence-electron chi connectivity index (χ1n) is 7.08. The van der Waals surface area contributed by atoms with Crippen LogP contribution in [-0.2, 0) is 11.2 Å². The van der Waals surface area contributed by atoms with E-state index in [0.29, 0.717) is 5.56 Å². The highest BCUT2D eigenvalue weighted by atomic mass is 32.2. The Labute approximate surface area is 131 Å². The van der Waals surface area contributed by atoms with Crippen LogP contribution in [0.1, 0.15) is 23.6 Å². The van der Waals surface area contributed by atoms with Crippen LogP contribution in [-0.4, -0.2) is 11.7 Å². The van der Waals surface area contributed by atoms with E-state index in [2.05, 4.69) is 5.32 Å². The second-order valence-electron chi connectivity index (χ2n) is 5.25. The van der Waals surface area contributed by atoms with E-state index < -0.39 is 0 Å². The average Bonchev–Trinajstić information content (AvgIpc) is 2.48. The van der Waals surface area contributed by atoms with Crippen molar-refractivity contribution in [3.63, 3.8) is 0 Å². The normalized spacial score (nSPS) is 16.9. The average molecular weight is 319 g/mol. The lowest BCUT2D eigenvalue weighted by Crippen LogP contribution is -2.31. The van der Waals surface area contributed by atoms with E-state index in [0.717, 1.165) is 22.6 Å². The van der Waals surface area contributed by atoms with E-state index in [1.807, 2.05) is 0 Å². The molecule has 0 saturated carbocycles. The molecule has 1 aliphatic rings. The van der Waals surface area contributed by atoms with Crippen molar-refractivity contribution >= 4 is 17.7 Å². The van der Waals surface area contributed by atoms with Gasteiger partial charge in [0.05, 0.1) is 12.5 Å². The maximum Gasteiger partial charge on any atom is 0.224 e. The van der Waals surface area contributed by atoms with Crippen molar-refractivity contribution in [3.8, 4) is 0 Å². The Morgan fingerprint density at radius 1 is 1.18 bits per heavy atom. The third kappa shape index (κ3) is 3.47. The predicted octanol–water partition coefficient (Wildman–Crippen LogP) is 3.86. The number of hydrogen-bond acceptors (Lipinski definition) is 2. The van der Waals surface area contributed by atoms with Gasteiger partial charge in [0.2, 0.25) is 5.91 Å². The van der Waals surface area contributed by atoms with E-state index in [1.54, 1.807) is 30.0 Å². The molecule has 1 amide bonds. The largest absolute Gasteiger partial charge is 0.349 e. The predicted molar refractivity (Wildman–Crippen MR) is 82.7 cm³/mol. The molecule has 2 nitrogen and oxygen atoms in total. The van der Waals surface area contributed by atoms with Gasteiger partial charge in [0, 0.05) is 10.6 Å². The summed E-state index contributed by atoms with van der Waals surface area (Å²) < 4.78 is 26.6. The number of hydrogen-bond donors (Lipinski definition) is 1. The van der Waals surface area contributed by atoms with E-state index in [9.17, 15) is 13.6 Å². The van der Waals surface area contributed by atoms with Crippen molar-refractivity contribution in [2.45, 2.75) is 23.8 Å². The molecule has 5 heteroatoms. The molecule has 1 atom stereocenters. The highest BCUT2D eigenvalue weighted by molar-refractivity contribution is 7.99. The fourth-order valence-corrected chi connectivity index (χ4v) is 3.70. The second kappa shape index (κ2) is 6.48. The van der Waals surface area contributed by atoms with Crippen molar-refractivity contribution in [2.75, 3.05) is 5.75 Å². The Hall–Kier alpha value is -1.88. The first-order chi connectivity index (χ1) is 10.6. The first kappa shape index (κ1) is 15.0. The van der Waals surface area contributed by atoms with Gasteiger partial charge in [-0.05, 0) is 47.9 Å². The van der Waals surface area contributed by atoms with Gasteiger partial charge in [-0.15, -0.1) is 11.8 Å². The van der Waals surface area contributed by atoms with Crippen LogP contribution in [0.2, 0.25) is 0 Å². The topological polar surface area (TPSA) is 29.1 Å². The second-order valence-corrected chi connectivity index (χ2v) is 6.38. The summed E-state index contributed by atoms with van der Waals surface area (Å²) in [5.41, 5.74) is 1.45. The van der Waals surface area contributed by atoms with Crippen molar-refractivity contribution in [1.29, 1.82) is 0 Å². The molecule has 2 aromatic rings. The van der Waals surface area contributed by atoms with Crippen molar-refractivity contribution in [3.05, 3.63) is 65.2 Å². The summed E-state index contributed by atoms with van der Waals surface area (Å²) in [5, 5.41) is 2.93. The van der Waals surface area contributed by atoms with Crippen LogP contribution >= 0.6 is 11.8 Å². The van der Waals surface area contributed by atoms with Crippen LogP contribution in [0.25, 0.3) is 0 Å². The molecule has 0 fully saturated rings. The summed E-state index contributed by atoms with van der Waals surface area (Å²) in [7, 11) is 0. The van der Waals surface area contributed by atoms with Gasteiger partial charge >= 0.3 is 0 Å². The zero-order valence-electron chi connectivity index (χ0n) is 11.8. The minimum atomic E-state index is -0.355. The summed E-state index contributed by atoms with van der Waals surface area (Å²) in [6, 6.07) is 10.5. The number of thioether (sulfide) groups is 1. The number of nitrogens with one attached hydrogen (secondary N) is 1. The zero-order valence-corrected chi connectivity index (χ0v) is 12.6. The SMILES string of the molecule is O=C(Cc1cccc(F)c1)N[C@H]1CCSc2ccc(F)cc21. The van der Waals surface area contributed by atoms with E-state index in [4.69, 9.17) is 0 Å². The molecule has 0 radical (unpaired) electrons. The number of amides is 1. The van der Waals surface area contributed by atoms with Crippen molar-refractivity contribution in [2.24, 2.45) is 0 Å². The summed E-state index contributed by atoms with van der Waals surface area (Å²) in [6.45, 7) is 0. The summed E-state index contributed by atoms with van der Waals surface area (Å²) in [4.78, 5) is 13.2. The van der Waals surface area contributed by atoms with Gasteiger partial charge in [0.15, 0.2) is 0 Å². The van der Waals surface area contributed by atoms with E-state index >= 15 is 0 Å². The lowest BCUT2D eigenvalue weighted by molar-refractivity contribution is -0.121. The third-order valence-corrected chi connectivity index (χ3v) is 4.72. The van der Waals surface area contributed by atoms with Gasteiger partial charge in [0.1, 0.15) is 11.6 Å². The van der Waals surface area contributed by atoms with Gasteiger partial charge in [-0.25, -0.2) is 8.78 Å². The number of rotatable bonds is 3.